The number of urea groups is 1. The molecule has 0 saturated carbocycles. The Kier molecular flexibility index (Phi) is 6.02. The molecule has 0 aromatic heterocycles. The molecule has 4 rings (SSSR count). The fourth-order valence-electron chi connectivity index (χ4n) is 6.08. The average molecular weight is 405 g/mol. The molecule has 0 spiro atoms. The van der Waals surface area contributed by atoms with Crippen LogP contribution in [0.4, 0.5) is 4.79 Å². The van der Waals surface area contributed by atoms with Crippen LogP contribution in [0.25, 0.3) is 0 Å². The molecule has 4 heterocycles. The zero-order valence-electron chi connectivity index (χ0n) is 18.0. The molecule has 2 bridgehead atoms. The number of piperidine rings is 4. The SMILES string of the molecule is CCN(CC)C(=O)C1CCN(C(=O)N2CC3CC(C2)[C@H]2CCCC(=O)N2C3)CC1. The van der Waals surface area contributed by atoms with Crippen molar-refractivity contribution in [1.29, 1.82) is 0 Å². The molecular weight excluding hydrogens is 368 g/mol. The molecule has 4 aliphatic rings. The monoisotopic (exact) mass is 404 g/mol. The normalized spacial score (nSPS) is 30.2. The van der Waals surface area contributed by atoms with Crippen LogP contribution in [0.3, 0.4) is 0 Å². The third-order valence-corrected chi connectivity index (χ3v) is 7.64. The van der Waals surface area contributed by atoms with Crippen LogP contribution >= 0.6 is 0 Å². The van der Waals surface area contributed by atoms with E-state index in [-0.39, 0.29) is 17.9 Å². The van der Waals surface area contributed by atoms with Crippen LogP contribution in [-0.2, 0) is 9.59 Å². The molecule has 7 heteroatoms. The second kappa shape index (κ2) is 8.52. The molecule has 4 amide bonds. The number of nitrogens with zero attached hydrogens (tertiary/aromatic N) is 4. The summed E-state index contributed by atoms with van der Waals surface area (Å²) in [6, 6.07) is 0.476. The van der Waals surface area contributed by atoms with Crippen LogP contribution in [-0.4, -0.2) is 89.3 Å². The van der Waals surface area contributed by atoms with Crippen molar-refractivity contribution in [3.05, 3.63) is 0 Å². The van der Waals surface area contributed by atoms with Gasteiger partial charge in [-0.25, -0.2) is 4.79 Å². The van der Waals surface area contributed by atoms with Crippen molar-refractivity contribution in [3.63, 3.8) is 0 Å². The van der Waals surface area contributed by atoms with E-state index in [4.69, 9.17) is 0 Å². The minimum absolute atomic E-state index is 0.0569. The Balaban J connectivity index is 1.33. The predicted octanol–water partition coefficient (Wildman–Crippen LogP) is 2.02. The van der Waals surface area contributed by atoms with Gasteiger partial charge in [0.2, 0.25) is 11.8 Å². The van der Waals surface area contributed by atoms with Gasteiger partial charge in [-0.3, -0.25) is 9.59 Å². The molecule has 4 saturated heterocycles. The van der Waals surface area contributed by atoms with Crippen molar-refractivity contribution in [2.45, 2.75) is 58.4 Å². The first-order valence-corrected chi connectivity index (χ1v) is 11.6. The fourth-order valence-corrected chi connectivity index (χ4v) is 6.08. The smallest absolute Gasteiger partial charge is 0.320 e. The molecule has 162 valence electrons. The highest BCUT2D eigenvalue weighted by atomic mass is 16.2. The van der Waals surface area contributed by atoms with Crippen molar-refractivity contribution in [2.75, 3.05) is 45.8 Å². The largest absolute Gasteiger partial charge is 0.343 e. The molecule has 0 aromatic rings. The molecule has 0 aromatic carbocycles. The van der Waals surface area contributed by atoms with Gasteiger partial charge in [-0.2, -0.15) is 0 Å². The highest BCUT2D eigenvalue weighted by molar-refractivity contribution is 5.80. The van der Waals surface area contributed by atoms with Crippen molar-refractivity contribution < 1.29 is 14.4 Å². The summed E-state index contributed by atoms with van der Waals surface area (Å²) in [7, 11) is 0. The number of fused-ring (bicyclic) bond motifs is 4. The number of hydrogen-bond acceptors (Lipinski definition) is 3. The number of likely N-dealkylation sites (tertiary alicyclic amines) is 2. The molecular formula is C22H36N4O3. The molecule has 7 nitrogen and oxygen atoms in total. The number of rotatable bonds is 3. The van der Waals surface area contributed by atoms with Crippen molar-refractivity contribution in [3.8, 4) is 0 Å². The summed E-state index contributed by atoms with van der Waals surface area (Å²) in [6.45, 7) is 9.28. The van der Waals surface area contributed by atoms with E-state index >= 15 is 0 Å². The molecule has 3 atom stereocenters. The molecule has 4 aliphatic heterocycles. The summed E-state index contributed by atoms with van der Waals surface area (Å²) in [5, 5.41) is 0. The summed E-state index contributed by atoms with van der Waals surface area (Å²) in [6.07, 6.45) is 5.46. The quantitative estimate of drug-likeness (QED) is 0.723. The third kappa shape index (κ3) is 3.97. The Morgan fingerprint density at radius 2 is 1.72 bits per heavy atom. The molecule has 0 N–H and O–H groups in total. The second-order valence-electron chi connectivity index (χ2n) is 9.33. The van der Waals surface area contributed by atoms with Gasteiger partial charge in [0.25, 0.3) is 0 Å². The first-order chi connectivity index (χ1) is 14.0. The summed E-state index contributed by atoms with van der Waals surface area (Å²) < 4.78 is 0. The lowest BCUT2D eigenvalue weighted by Crippen LogP contribution is -2.62. The van der Waals surface area contributed by atoms with E-state index in [1.165, 1.54) is 0 Å². The van der Waals surface area contributed by atoms with Gasteiger partial charge in [0, 0.05) is 64.2 Å². The van der Waals surface area contributed by atoms with Gasteiger partial charge in [0.1, 0.15) is 0 Å². The number of carbonyl (C=O) groups excluding carboxylic acids is 3. The second-order valence-corrected chi connectivity index (χ2v) is 9.33. The third-order valence-electron chi connectivity index (χ3n) is 7.64. The molecule has 0 aliphatic carbocycles. The maximum atomic E-state index is 13.2. The van der Waals surface area contributed by atoms with Gasteiger partial charge in [0.15, 0.2) is 0 Å². The van der Waals surface area contributed by atoms with E-state index < -0.39 is 0 Å². The maximum absolute atomic E-state index is 13.2. The number of amides is 4. The summed E-state index contributed by atoms with van der Waals surface area (Å²) >= 11 is 0. The fraction of sp³-hybridized carbons (Fsp3) is 0.864. The number of carbonyl (C=O) groups is 3. The lowest BCUT2D eigenvalue weighted by molar-refractivity contribution is -0.144. The van der Waals surface area contributed by atoms with E-state index in [1.54, 1.807) is 0 Å². The van der Waals surface area contributed by atoms with Gasteiger partial charge in [0.05, 0.1) is 0 Å². The Hall–Kier alpha value is -1.79. The van der Waals surface area contributed by atoms with Gasteiger partial charge in [-0.05, 0) is 57.8 Å². The minimum atomic E-state index is 0.0569. The van der Waals surface area contributed by atoms with Crippen LogP contribution in [0.5, 0.6) is 0 Å². The standard InChI is InChI=1S/C22H36N4O3/c1-3-23(4-2)21(28)17-8-10-24(11-9-17)22(29)25-13-16-12-18(15-25)19-6-5-7-20(27)26(19)14-16/h16-19H,3-15H2,1-2H3/t16?,18?,19-/m1/s1. The Morgan fingerprint density at radius 1 is 1.00 bits per heavy atom. The Labute approximate surface area is 174 Å². The number of hydrogen-bond donors (Lipinski definition) is 0. The zero-order valence-corrected chi connectivity index (χ0v) is 18.0. The van der Waals surface area contributed by atoms with E-state index in [1.807, 2.05) is 28.5 Å². The highest BCUT2D eigenvalue weighted by Gasteiger charge is 2.45. The molecule has 0 radical (unpaired) electrons. The van der Waals surface area contributed by atoms with Gasteiger partial charge in [-0.1, -0.05) is 0 Å². The summed E-state index contributed by atoms with van der Waals surface area (Å²) in [5.41, 5.74) is 0. The van der Waals surface area contributed by atoms with E-state index in [0.29, 0.717) is 43.3 Å². The molecule has 2 unspecified atom stereocenters. The van der Waals surface area contributed by atoms with Gasteiger partial charge >= 0.3 is 6.03 Å². The highest BCUT2D eigenvalue weighted by Crippen LogP contribution is 2.38. The van der Waals surface area contributed by atoms with Crippen LogP contribution in [0.15, 0.2) is 0 Å². The van der Waals surface area contributed by atoms with Crippen molar-refractivity contribution in [1.82, 2.24) is 19.6 Å². The summed E-state index contributed by atoms with van der Waals surface area (Å²) in [4.78, 5) is 46.2. The lowest BCUT2D eigenvalue weighted by Gasteiger charge is -2.53. The van der Waals surface area contributed by atoms with E-state index in [9.17, 15) is 14.4 Å². The van der Waals surface area contributed by atoms with Gasteiger partial charge in [-0.15, -0.1) is 0 Å². The first-order valence-electron chi connectivity index (χ1n) is 11.6. The predicted molar refractivity (Wildman–Crippen MR) is 110 cm³/mol. The Morgan fingerprint density at radius 3 is 2.41 bits per heavy atom. The maximum Gasteiger partial charge on any atom is 0.320 e. The van der Waals surface area contributed by atoms with E-state index in [2.05, 4.69) is 4.90 Å². The molecule has 4 fully saturated rings. The average Bonchev–Trinajstić information content (AvgIpc) is 2.75. The van der Waals surface area contributed by atoms with Crippen LogP contribution in [0, 0.1) is 17.8 Å². The van der Waals surface area contributed by atoms with Crippen LogP contribution < -0.4 is 0 Å². The van der Waals surface area contributed by atoms with Crippen LogP contribution in [0.1, 0.15) is 52.4 Å². The molecule has 29 heavy (non-hydrogen) atoms. The summed E-state index contributed by atoms with van der Waals surface area (Å²) in [5.74, 6) is 1.46. The van der Waals surface area contributed by atoms with E-state index in [0.717, 1.165) is 64.8 Å². The van der Waals surface area contributed by atoms with Crippen molar-refractivity contribution >= 4 is 17.8 Å². The van der Waals surface area contributed by atoms with Crippen molar-refractivity contribution in [2.24, 2.45) is 17.8 Å². The topological polar surface area (TPSA) is 64.2 Å². The minimum Gasteiger partial charge on any atom is -0.343 e. The lowest BCUT2D eigenvalue weighted by atomic mass is 9.76. The van der Waals surface area contributed by atoms with Crippen LogP contribution in [0.2, 0.25) is 0 Å². The first kappa shape index (κ1) is 20.5. The zero-order chi connectivity index (χ0) is 20.5. The van der Waals surface area contributed by atoms with Gasteiger partial charge < -0.3 is 19.6 Å². The Bertz CT molecular complexity index is 642.